The first-order valence-electron chi connectivity index (χ1n) is 12.8. The minimum Gasteiger partial charge on any atom is -0.493 e. The van der Waals surface area contributed by atoms with Gasteiger partial charge in [-0.25, -0.2) is 0 Å². The molecule has 0 radical (unpaired) electrons. The number of ether oxygens (including phenoxy) is 4. The molecule has 0 unspecified atom stereocenters. The summed E-state index contributed by atoms with van der Waals surface area (Å²) in [6, 6.07) is 29.5. The minimum absolute atomic E-state index is 0.0692. The Labute approximate surface area is 224 Å². The summed E-state index contributed by atoms with van der Waals surface area (Å²) in [6.07, 6.45) is 1.92. The van der Waals surface area contributed by atoms with Gasteiger partial charge in [0.15, 0.2) is 11.5 Å². The van der Waals surface area contributed by atoms with Gasteiger partial charge in [-0.3, -0.25) is 5.41 Å². The number of benzene rings is 4. The first-order chi connectivity index (χ1) is 18.6. The lowest BCUT2D eigenvalue weighted by atomic mass is 9.99. The van der Waals surface area contributed by atoms with Gasteiger partial charge in [0.1, 0.15) is 37.2 Å². The third-order valence-electron chi connectivity index (χ3n) is 6.09. The molecule has 0 bridgehead atoms. The van der Waals surface area contributed by atoms with Gasteiger partial charge in [0.25, 0.3) is 0 Å². The standard InChI is InChI=1S/C32H34N2O4/c1-3-7-27-20-26(24-10-12-25(13-11-24)32(33)34)14-16-29(27)37-19-18-36-28-15-17-30(35-2)31(21-28)38-22-23-8-5-4-6-9-23/h4-6,8-17,20-21H,3,7,18-19,22H2,1-2H3,(H3,33,34). The van der Waals surface area contributed by atoms with E-state index in [0.29, 0.717) is 42.6 Å². The summed E-state index contributed by atoms with van der Waals surface area (Å²) in [4.78, 5) is 0. The summed E-state index contributed by atoms with van der Waals surface area (Å²) < 4.78 is 23.5. The second kappa shape index (κ2) is 13.2. The molecule has 38 heavy (non-hydrogen) atoms. The van der Waals surface area contributed by atoms with Crippen molar-refractivity contribution in [2.24, 2.45) is 5.73 Å². The van der Waals surface area contributed by atoms with Crippen molar-refractivity contribution in [3.8, 4) is 34.1 Å². The lowest BCUT2D eigenvalue weighted by Gasteiger charge is -2.15. The van der Waals surface area contributed by atoms with Crippen molar-refractivity contribution in [3.05, 3.63) is 108 Å². The monoisotopic (exact) mass is 510 g/mol. The van der Waals surface area contributed by atoms with E-state index in [0.717, 1.165) is 40.8 Å². The maximum atomic E-state index is 7.58. The molecule has 0 aliphatic carbocycles. The van der Waals surface area contributed by atoms with Crippen LogP contribution in [0.25, 0.3) is 11.1 Å². The first kappa shape index (κ1) is 26.6. The number of hydrogen-bond acceptors (Lipinski definition) is 5. The number of amidine groups is 1. The van der Waals surface area contributed by atoms with Crippen LogP contribution in [0.1, 0.15) is 30.0 Å². The van der Waals surface area contributed by atoms with Gasteiger partial charge in [-0.15, -0.1) is 0 Å². The molecule has 0 aliphatic rings. The number of hydrogen-bond donors (Lipinski definition) is 2. The van der Waals surface area contributed by atoms with Crippen LogP contribution in [0.3, 0.4) is 0 Å². The summed E-state index contributed by atoms with van der Waals surface area (Å²) in [6.45, 7) is 3.41. The zero-order valence-corrected chi connectivity index (χ0v) is 21.9. The summed E-state index contributed by atoms with van der Waals surface area (Å²) in [5.41, 5.74) is 10.7. The Morgan fingerprint density at radius 3 is 2.16 bits per heavy atom. The number of nitrogen functional groups attached to an aromatic ring is 1. The number of nitrogens with one attached hydrogen (secondary N) is 1. The molecule has 3 N–H and O–H groups in total. The van der Waals surface area contributed by atoms with E-state index in [1.54, 1.807) is 7.11 Å². The van der Waals surface area contributed by atoms with Crippen LogP contribution in [0.5, 0.6) is 23.0 Å². The van der Waals surface area contributed by atoms with Crippen LogP contribution in [0.15, 0.2) is 91.0 Å². The molecule has 0 fully saturated rings. The lowest BCUT2D eigenvalue weighted by Crippen LogP contribution is -2.10. The molecule has 4 aromatic carbocycles. The third-order valence-corrected chi connectivity index (χ3v) is 6.09. The van der Waals surface area contributed by atoms with Crippen LogP contribution in [0, 0.1) is 5.41 Å². The minimum atomic E-state index is 0.0692. The molecule has 0 saturated heterocycles. The number of rotatable bonds is 13. The fourth-order valence-corrected chi connectivity index (χ4v) is 4.11. The average molecular weight is 511 g/mol. The average Bonchev–Trinajstić information content (AvgIpc) is 2.95. The second-order valence-electron chi connectivity index (χ2n) is 8.85. The van der Waals surface area contributed by atoms with Crippen molar-refractivity contribution < 1.29 is 18.9 Å². The highest BCUT2D eigenvalue weighted by molar-refractivity contribution is 5.95. The Morgan fingerprint density at radius 1 is 0.737 bits per heavy atom. The molecule has 0 aliphatic heterocycles. The summed E-state index contributed by atoms with van der Waals surface area (Å²) in [7, 11) is 1.62. The molecule has 0 aromatic heterocycles. The summed E-state index contributed by atoms with van der Waals surface area (Å²) in [5.74, 6) is 2.91. The molecule has 6 nitrogen and oxygen atoms in total. The van der Waals surface area contributed by atoms with Gasteiger partial charge in [0.05, 0.1) is 7.11 Å². The van der Waals surface area contributed by atoms with Crippen molar-refractivity contribution in [2.75, 3.05) is 20.3 Å². The Morgan fingerprint density at radius 2 is 1.45 bits per heavy atom. The van der Waals surface area contributed by atoms with E-state index in [-0.39, 0.29) is 5.84 Å². The van der Waals surface area contributed by atoms with Gasteiger partial charge >= 0.3 is 0 Å². The van der Waals surface area contributed by atoms with Gasteiger partial charge in [0, 0.05) is 11.6 Å². The zero-order valence-electron chi connectivity index (χ0n) is 21.9. The van der Waals surface area contributed by atoms with Crippen molar-refractivity contribution in [3.63, 3.8) is 0 Å². The molecule has 4 aromatic rings. The topological polar surface area (TPSA) is 86.8 Å². The third kappa shape index (κ3) is 7.07. The molecule has 6 heteroatoms. The van der Waals surface area contributed by atoms with Gasteiger partial charge in [-0.05, 0) is 52.9 Å². The Hall–Kier alpha value is -4.45. The van der Waals surface area contributed by atoms with Crippen molar-refractivity contribution in [1.29, 1.82) is 5.41 Å². The fraction of sp³-hybridized carbons (Fsp3) is 0.219. The van der Waals surface area contributed by atoms with Crippen LogP contribution < -0.4 is 24.7 Å². The molecule has 0 spiro atoms. The normalized spacial score (nSPS) is 10.6. The highest BCUT2D eigenvalue weighted by Gasteiger charge is 2.10. The Kier molecular flexibility index (Phi) is 9.24. The predicted molar refractivity (Wildman–Crippen MR) is 152 cm³/mol. The fourth-order valence-electron chi connectivity index (χ4n) is 4.11. The molecule has 0 saturated carbocycles. The molecular formula is C32H34N2O4. The largest absolute Gasteiger partial charge is 0.493 e. The maximum absolute atomic E-state index is 7.58. The Bertz CT molecular complexity index is 1340. The second-order valence-corrected chi connectivity index (χ2v) is 8.85. The molecule has 0 amide bonds. The van der Waals surface area contributed by atoms with Crippen LogP contribution in [-0.4, -0.2) is 26.2 Å². The SMILES string of the molecule is CCCc1cc(-c2ccc(C(=N)N)cc2)ccc1OCCOc1ccc(OC)c(OCc2ccccc2)c1. The highest BCUT2D eigenvalue weighted by atomic mass is 16.5. The molecule has 0 heterocycles. The summed E-state index contributed by atoms with van der Waals surface area (Å²) in [5, 5.41) is 7.58. The van der Waals surface area contributed by atoms with Crippen molar-refractivity contribution >= 4 is 5.84 Å². The molecular weight excluding hydrogens is 476 g/mol. The molecule has 0 atom stereocenters. The van der Waals surface area contributed by atoms with Crippen LogP contribution >= 0.6 is 0 Å². The summed E-state index contributed by atoms with van der Waals surface area (Å²) >= 11 is 0. The zero-order chi connectivity index (χ0) is 26.7. The van der Waals surface area contributed by atoms with E-state index >= 15 is 0 Å². The van der Waals surface area contributed by atoms with Crippen molar-refractivity contribution in [1.82, 2.24) is 0 Å². The maximum Gasteiger partial charge on any atom is 0.165 e. The Balaban J connectivity index is 1.36. The molecule has 196 valence electrons. The van der Waals surface area contributed by atoms with E-state index in [1.807, 2.05) is 78.9 Å². The molecule has 4 rings (SSSR count). The quantitative estimate of drug-likeness (QED) is 0.120. The lowest BCUT2D eigenvalue weighted by molar-refractivity contribution is 0.214. The van der Waals surface area contributed by atoms with E-state index in [2.05, 4.69) is 19.1 Å². The number of methoxy groups -OCH3 is 1. The van der Waals surface area contributed by atoms with E-state index < -0.39 is 0 Å². The van der Waals surface area contributed by atoms with Gasteiger partial charge in [-0.1, -0.05) is 74.0 Å². The van der Waals surface area contributed by atoms with E-state index in [1.165, 1.54) is 0 Å². The predicted octanol–water partition coefficient (Wildman–Crippen LogP) is 6.64. The number of aryl methyl sites for hydroxylation is 1. The first-order valence-corrected chi connectivity index (χ1v) is 12.8. The van der Waals surface area contributed by atoms with Gasteiger partial charge < -0.3 is 24.7 Å². The van der Waals surface area contributed by atoms with E-state index in [4.69, 9.17) is 30.1 Å². The van der Waals surface area contributed by atoms with E-state index in [9.17, 15) is 0 Å². The van der Waals surface area contributed by atoms with Crippen LogP contribution in [0.4, 0.5) is 0 Å². The van der Waals surface area contributed by atoms with Crippen LogP contribution in [-0.2, 0) is 13.0 Å². The van der Waals surface area contributed by atoms with Gasteiger partial charge in [-0.2, -0.15) is 0 Å². The number of nitrogens with two attached hydrogens (primary N) is 1. The van der Waals surface area contributed by atoms with Crippen molar-refractivity contribution in [2.45, 2.75) is 26.4 Å². The smallest absolute Gasteiger partial charge is 0.165 e. The highest BCUT2D eigenvalue weighted by Crippen LogP contribution is 2.32. The van der Waals surface area contributed by atoms with Gasteiger partial charge in [0.2, 0.25) is 0 Å². The van der Waals surface area contributed by atoms with Crippen LogP contribution in [0.2, 0.25) is 0 Å².